The molecule has 1 amide bonds. The molecule has 148 valence electrons. The predicted octanol–water partition coefficient (Wildman–Crippen LogP) is 3.33. The molecule has 0 aliphatic carbocycles. The third-order valence-electron chi connectivity index (χ3n) is 4.40. The summed E-state index contributed by atoms with van der Waals surface area (Å²) < 4.78 is 23.3. The molecule has 1 heterocycles. The number of hydrogen-bond donors (Lipinski definition) is 3. The van der Waals surface area contributed by atoms with Crippen LogP contribution in [-0.4, -0.2) is 20.9 Å². The molecule has 0 aliphatic rings. The fourth-order valence-electron chi connectivity index (χ4n) is 2.80. The predicted molar refractivity (Wildman–Crippen MR) is 110 cm³/mol. The molecular formula is C19H27N3O3S2. The van der Waals surface area contributed by atoms with E-state index in [9.17, 15) is 13.2 Å². The molecule has 27 heavy (non-hydrogen) atoms. The Morgan fingerprint density at radius 1 is 1.26 bits per heavy atom. The molecular weight excluding hydrogens is 382 g/mol. The number of hydrogen-bond acceptors (Lipinski definition) is 5. The van der Waals surface area contributed by atoms with Gasteiger partial charge in [-0.3, -0.25) is 4.79 Å². The van der Waals surface area contributed by atoms with Crippen LogP contribution < -0.4 is 15.8 Å². The minimum atomic E-state index is -3.84. The summed E-state index contributed by atoms with van der Waals surface area (Å²) >= 11 is 1.65. The number of anilines is 1. The maximum absolute atomic E-state index is 12.5. The van der Waals surface area contributed by atoms with Crippen molar-refractivity contribution in [2.45, 2.75) is 45.6 Å². The normalized spacial score (nSPS) is 13.4. The molecule has 1 aromatic heterocycles. The van der Waals surface area contributed by atoms with Gasteiger partial charge in [0.2, 0.25) is 15.9 Å². The summed E-state index contributed by atoms with van der Waals surface area (Å²) in [5.41, 5.74) is 1.94. The Morgan fingerprint density at radius 2 is 1.93 bits per heavy atom. The van der Waals surface area contributed by atoms with E-state index in [2.05, 4.69) is 37.5 Å². The molecule has 0 saturated carbocycles. The van der Waals surface area contributed by atoms with Crippen molar-refractivity contribution in [2.75, 3.05) is 11.9 Å². The number of nitrogens with one attached hydrogen (secondary N) is 2. The highest BCUT2D eigenvalue weighted by atomic mass is 32.2. The van der Waals surface area contributed by atoms with Crippen LogP contribution in [-0.2, 0) is 14.8 Å². The summed E-state index contributed by atoms with van der Waals surface area (Å²) in [5, 5.41) is 13.4. The Kier molecular flexibility index (Phi) is 6.47. The molecule has 0 radical (unpaired) electrons. The second kappa shape index (κ2) is 8.10. The van der Waals surface area contributed by atoms with E-state index in [0.29, 0.717) is 5.69 Å². The van der Waals surface area contributed by atoms with Gasteiger partial charge in [0.25, 0.3) is 0 Å². The molecule has 1 atom stereocenters. The van der Waals surface area contributed by atoms with Gasteiger partial charge in [0.15, 0.2) is 0 Å². The van der Waals surface area contributed by atoms with E-state index in [1.54, 1.807) is 18.3 Å². The van der Waals surface area contributed by atoms with Crippen LogP contribution in [0.2, 0.25) is 0 Å². The Hall–Kier alpha value is -1.74. The number of benzene rings is 1. The summed E-state index contributed by atoms with van der Waals surface area (Å²) in [6, 6.07) is 6.97. The maximum Gasteiger partial charge on any atom is 0.238 e. The van der Waals surface area contributed by atoms with Crippen LogP contribution in [0.3, 0.4) is 0 Å². The lowest BCUT2D eigenvalue weighted by Crippen LogP contribution is -2.37. The molecule has 0 saturated heterocycles. The number of thiophene rings is 1. The molecule has 1 aromatic carbocycles. The van der Waals surface area contributed by atoms with Gasteiger partial charge in [0.05, 0.1) is 11.4 Å². The molecule has 6 nitrogen and oxygen atoms in total. The van der Waals surface area contributed by atoms with Crippen molar-refractivity contribution in [1.29, 1.82) is 0 Å². The summed E-state index contributed by atoms with van der Waals surface area (Å²) in [6.07, 6.45) is 0. The molecule has 2 aromatic rings. The van der Waals surface area contributed by atoms with E-state index in [4.69, 9.17) is 5.14 Å². The number of rotatable bonds is 6. The van der Waals surface area contributed by atoms with Crippen molar-refractivity contribution < 1.29 is 13.2 Å². The van der Waals surface area contributed by atoms with E-state index >= 15 is 0 Å². The van der Waals surface area contributed by atoms with Crippen molar-refractivity contribution in [3.63, 3.8) is 0 Å². The molecule has 0 spiro atoms. The summed E-state index contributed by atoms with van der Waals surface area (Å²) in [4.78, 5) is 13.6. The second-order valence-corrected chi connectivity index (χ2v) is 10.2. The minimum Gasteiger partial charge on any atom is -0.325 e. The highest BCUT2D eigenvalue weighted by Gasteiger charge is 2.27. The molecule has 0 bridgehead atoms. The number of carbonyl (C=O) groups excluding carboxylic acids is 1. The van der Waals surface area contributed by atoms with E-state index < -0.39 is 10.0 Å². The lowest BCUT2D eigenvalue weighted by molar-refractivity contribution is -0.115. The van der Waals surface area contributed by atoms with Gasteiger partial charge in [-0.2, -0.15) is 0 Å². The van der Waals surface area contributed by atoms with E-state index in [1.165, 1.54) is 17.0 Å². The first-order chi connectivity index (χ1) is 12.4. The monoisotopic (exact) mass is 409 g/mol. The zero-order valence-corrected chi connectivity index (χ0v) is 17.9. The minimum absolute atomic E-state index is 0.0139. The van der Waals surface area contributed by atoms with Crippen LogP contribution in [0.15, 0.2) is 34.5 Å². The molecule has 8 heteroatoms. The first-order valence-electron chi connectivity index (χ1n) is 8.60. The smallest absolute Gasteiger partial charge is 0.238 e. The fourth-order valence-corrected chi connectivity index (χ4v) is 4.47. The Bertz CT molecular complexity index is 914. The fraction of sp³-hybridized carbons (Fsp3) is 0.421. The van der Waals surface area contributed by atoms with Crippen molar-refractivity contribution in [1.82, 2.24) is 5.32 Å². The average molecular weight is 410 g/mol. The van der Waals surface area contributed by atoms with Gasteiger partial charge in [-0.1, -0.05) is 26.8 Å². The Balaban J connectivity index is 2.15. The summed E-state index contributed by atoms with van der Waals surface area (Å²) in [6.45, 7) is 10.1. The Morgan fingerprint density at radius 3 is 2.44 bits per heavy atom. The van der Waals surface area contributed by atoms with Gasteiger partial charge in [-0.15, -0.1) is 11.3 Å². The van der Waals surface area contributed by atoms with Crippen LogP contribution in [0.1, 0.15) is 42.8 Å². The Labute approximate surface area is 165 Å². The largest absolute Gasteiger partial charge is 0.325 e. The van der Waals surface area contributed by atoms with Gasteiger partial charge in [-0.25, -0.2) is 13.6 Å². The highest BCUT2D eigenvalue weighted by Crippen LogP contribution is 2.35. The average Bonchev–Trinajstić information content (AvgIpc) is 3.03. The van der Waals surface area contributed by atoms with Crippen molar-refractivity contribution in [3.8, 4) is 0 Å². The van der Waals surface area contributed by atoms with Crippen LogP contribution in [0, 0.1) is 19.3 Å². The highest BCUT2D eigenvalue weighted by molar-refractivity contribution is 7.89. The summed E-state index contributed by atoms with van der Waals surface area (Å²) in [5.74, 6) is -0.241. The lowest BCUT2D eigenvalue weighted by Gasteiger charge is -2.30. The van der Waals surface area contributed by atoms with Crippen LogP contribution in [0.5, 0.6) is 0 Å². The number of carbonyl (C=O) groups is 1. The van der Waals surface area contributed by atoms with Gasteiger partial charge in [0, 0.05) is 16.6 Å². The zero-order valence-electron chi connectivity index (χ0n) is 16.3. The number of amides is 1. The molecule has 1 unspecified atom stereocenters. The number of aryl methyl sites for hydroxylation is 1. The van der Waals surface area contributed by atoms with Crippen LogP contribution >= 0.6 is 11.3 Å². The number of nitrogens with two attached hydrogens (primary N) is 1. The quantitative estimate of drug-likeness (QED) is 0.681. The third kappa shape index (κ3) is 5.62. The number of primary sulfonamides is 1. The van der Waals surface area contributed by atoms with Crippen molar-refractivity contribution in [2.24, 2.45) is 10.6 Å². The standard InChI is InChI=1S/C19H27N3O3S2/c1-12-9-14(27(20,24)25)10-15(13(12)2)22-17(23)11-21-18(19(3,4)5)16-7-6-8-26-16/h6-10,18,21H,11H2,1-5H3,(H,22,23)(H2,20,24,25). The van der Waals surface area contributed by atoms with Crippen molar-refractivity contribution >= 4 is 33.0 Å². The van der Waals surface area contributed by atoms with E-state index in [0.717, 1.165) is 11.1 Å². The van der Waals surface area contributed by atoms with Gasteiger partial charge in [0.1, 0.15) is 0 Å². The summed E-state index contributed by atoms with van der Waals surface area (Å²) in [7, 11) is -3.84. The third-order valence-corrected chi connectivity index (χ3v) is 6.23. The number of sulfonamides is 1. The molecule has 2 rings (SSSR count). The van der Waals surface area contributed by atoms with Gasteiger partial charge in [-0.05, 0) is 54.0 Å². The lowest BCUT2D eigenvalue weighted by atomic mass is 9.86. The molecule has 0 aliphatic heterocycles. The van der Waals surface area contributed by atoms with E-state index in [1.807, 2.05) is 18.4 Å². The second-order valence-electron chi connectivity index (χ2n) is 7.70. The molecule has 4 N–H and O–H groups in total. The zero-order chi connectivity index (χ0) is 20.4. The SMILES string of the molecule is Cc1cc(S(N)(=O)=O)cc(NC(=O)CNC(c2cccs2)C(C)(C)C)c1C. The maximum atomic E-state index is 12.5. The molecule has 0 fully saturated rings. The first-order valence-corrected chi connectivity index (χ1v) is 11.0. The van der Waals surface area contributed by atoms with Gasteiger partial charge < -0.3 is 10.6 Å². The van der Waals surface area contributed by atoms with Crippen molar-refractivity contribution in [3.05, 3.63) is 45.6 Å². The van der Waals surface area contributed by atoms with E-state index in [-0.39, 0.29) is 28.8 Å². The van der Waals surface area contributed by atoms with Gasteiger partial charge >= 0.3 is 0 Å². The van der Waals surface area contributed by atoms with Crippen LogP contribution in [0.4, 0.5) is 5.69 Å². The topological polar surface area (TPSA) is 101 Å². The first kappa shape index (κ1) is 21.6. The van der Waals surface area contributed by atoms with Crippen LogP contribution in [0.25, 0.3) is 0 Å².